The van der Waals surface area contributed by atoms with Gasteiger partial charge in [-0.2, -0.15) is 0 Å². The average molecular weight is 246 g/mol. The number of nitrogens with zero attached hydrogens (tertiary/aromatic N) is 1. The van der Waals surface area contributed by atoms with Crippen molar-refractivity contribution in [3.8, 4) is 0 Å². The van der Waals surface area contributed by atoms with Gasteiger partial charge in [-0.1, -0.05) is 0 Å². The second kappa shape index (κ2) is 3.84. The first-order valence-electron chi connectivity index (χ1n) is 4.88. The Labute approximate surface area is 93.4 Å². The van der Waals surface area contributed by atoms with Gasteiger partial charge in [0.1, 0.15) is 0 Å². The van der Waals surface area contributed by atoms with Gasteiger partial charge in [-0.15, -0.1) is 11.3 Å². The van der Waals surface area contributed by atoms with Crippen molar-refractivity contribution in [2.75, 3.05) is 11.5 Å². The molecule has 0 radical (unpaired) electrons. The normalized spacial score (nSPS) is 24.5. The third kappa shape index (κ3) is 2.21. The lowest BCUT2D eigenvalue weighted by molar-refractivity contribution is 0.601. The highest BCUT2D eigenvalue weighted by molar-refractivity contribution is 7.91. The molecule has 2 rings (SSSR count). The molecule has 1 saturated heterocycles. The lowest BCUT2D eigenvalue weighted by atomic mass is 10.1. The number of sulfone groups is 1. The van der Waals surface area contributed by atoms with Crippen LogP contribution in [0.1, 0.15) is 27.9 Å². The van der Waals surface area contributed by atoms with E-state index >= 15 is 0 Å². The maximum Gasteiger partial charge on any atom is 0.151 e. The van der Waals surface area contributed by atoms with Crippen molar-refractivity contribution in [3.63, 3.8) is 0 Å². The van der Waals surface area contributed by atoms with Crippen molar-refractivity contribution < 1.29 is 8.42 Å². The minimum atomic E-state index is -2.82. The van der Waals surface area contributed by atoms with Gasteiger partial charge in [0.2, 0.25) is 0 Å². The molecule has 0 bridgehead atoms. The van der Waals surface area contributed by atoms with E-state index in [2.05, 4.69) is 4.98 Å². The van der Waals surface area contributed by atoms with Crippen LogP contribution >= 0.6 is 11.3 Å². The maximum atomic E-state index is 11.3. The number of thiazole rings is 1. The molecule has 1 aromatic heterocycles. The third-order valence-electron chi connectivity index (χ3n) is 2.68. The first-order chi connectivity index (χ1) is 7.02. The van der Waals surface area contributed by atoms with Crippen molar-refractivity contribution in [2.24, 2.45) is 5.73 Å². The highest BCUT2D eigenvalue weighted by Gasteiger charge is 2.31. The van der Waals surface area contributed by atoms with Gasteiger partial charge < -0.3 is 5.73 Å². The zero-order chi connectivity index (χ0) is 11.1. The van der Waals surface area contributed by atoms with Crippen molar-refractivity contribution in [1.82, 2.24) is 4.98 Å². The Hall–Kier alpha value is -0.460. The van der Waals surface area contributed by atoms with Crippen LogP contribution in [0.5, 0.6) is 0 Å². The molecule has 15 heavy (non-hydrogen) atoms. The number of aryl methyl sites for hydroxylation is 1. The quantitative estimate of drug-likeness (QED) is 0.838. The van der Waals surface area contributed by atoms with Crippen LogP contribution in [0.25, 0.3) is 0 Å². The summed E-state index contributed by atoms with van der Waals surface area (Å²) in [4.78, 5) is 5.47. The van der Waals surface area contributed by atoms with Gasteiger partial charge in [-0.05, 0) is 13.3 Å². The Morgan fingerprint density at radius 3 is 2.80 bits per heavy atom. The summed E-state index contributed by atoms with van der Waals surface area (Å²) in [5.74, 6) is 0.650. The SMILES string of the molecule is Cc1nc(C2CCS(=O)(=O)C2)sc1CN. The van der Waals surface area contributed by atoms with E-state index in [1.54, 1.807) is 11.3 Å². The third-order valence-corrected chi connectivity index (χ3v) is 5.79. The van der Waals surface area contributed by atoms with Gasteiger partial charge in [0, 0.05) is 17.3 Å². The van der Waals surface area contributed by atoms with E-state index in [1.165, 1.54) is 0 Å². The van der Waals surface area contributed by atoms with E-state index < -0.39 is 9.84 Å². The Bertz CT molecular complexity index is 464. The minimum absolute atomic E-state index is 0.0963. The van der Waals surface area contributed by atoms with Gasteiger partial charge in [-0.3, -0.25) is 0 Å². The first kappa shape index (κ1) is 11.0. The molecular formula is C9H14N2O2S2. The molecule has 1 unspecified atom stereocenters. The monoisotopic (exact) mass is 246 g/mol. The van der Waals surface area contributed by atoms with Gasteiger partial charge in [0.05, 0.1) is 22.2 Å². The Morgan fingerprint density at radius 1 is 1.60 bits per heavy atom. The summed E-state index contributed by atoms with van der Waals surface area (Å²) in [6.45, 7) is 2.41. The smallest absolute Gasteiger partial charge is 0.151 e. The van der Waals surface area contributed by atoms with E-state index in [0.29, 0.717) is 18.7 Å². The molecule has 0 spiro atoms. The van der Waals surface area contributed by atoms with Gasteiger partial charge in [0.15, 0.2) is 9.84 Å². The fourth-order valence-corrected chi connectivity index (χ4v) is 4.74. The molecule has 0 amide bonds. The minimum Gasteiger partial charge on any atom is -0.326 e. The molecule has 1 aliphatic heterocycles. The Kier molecular flexibility index (Phi) is 2.83. The summed E-state index contributed by atoms with van der Waals surface area (Å²) in [5.41, 5.74) is 6.51. The largest absolute Gasteiger partial charge is 0.326 e. The fraction of sp³-hybridized carbons (Fsp3) is 0.667. The predicted octanol–water partition coefficient (Wildman–Crippen LogP) is 0.812. The molecule has 84 valence electrons. The molecule has 1 fully saturated rings. The van der Waals surface area contributed by atoms with Gasteiger partial charge in [-0.25, -0.2) is 13.4 Å². The maximum absolute atomic E-state index is 11.3. The van der Waals surface area contributed by atoms with Crippen LogP contribution in [0.3, 0.4) is 0 Å². The van der Waals surface area contributed by atoms with Crippen LogP contribution < -0.4 is 5.73 Å². The molecule has 4 nitrogen and oxygen atoms in total. The molecule has 0 aromatic carbocycles. The topological polar surface area (TPSA) is 73.0 Å². The standard InChI is InChI=1S/C9H14N2O2S2/c1-6-8(4-10)14-9(11-6)7-2-3-15(12,13)5-7/h7H,2-5,10H2,1H3. The average Bonchev–Trinajstić information content (AvgIpc) is 2.69. The Balaban J connectivity index is 2.24. The van der Waals surface area contributed by atoms with Crippen LogP contribution in [0, 0.1) is 6.92 Å². The van der Waals surface area contributed by atoms with Gasteiger partial charge in [0.25, 0.3) is 0 Å². The molecule has 1 aliphatic rings. The number of nitrogens with two attached hydrogens (primary N) is 1. The summed E-state index contributed by atoms with van der Waals surface area (Å²) < 4.78 is 22.7. The van der Waals surface area contributed by atoms with Crippen LogP contribution in [0.4, 0.5) is 0 Å². The number of hydrogen-bond donors (Lipinski definition) is 1. The van der Waals surface area contributed by atoms with Crippen molar-refractivity contribution >= 4 is 21.2 Å². The van der Waals surface area contributed by atoms with E-state index in [0.717, 1.165) is 15.6 Å². The van der Waals surface area contributed by atoms with Gasteiger partial charge >= 0.3 is 0 Å². The number of aromatic nitrogens is 1. The summed E-state index contributed by atoms with van der Waals surface area (Å²) in [6.07, 6.45) is 0.708. The number of rotatable bonds is 2. The summed E-state index contributed by atoms with van der Waals surface area (Å²) in [5, 5.41) is 0.939. The molecule has 2 heterocycles. The molecule has 0 saturated carbocycles. The number of hydrogen-bond acceptors (Lipinski definition) is 5. The molecule has 1 atom stereocenters. The Morgan fingerprint density at radius 2 is 2.33 bits per heavy atom. The van der Waals surface area contributed by atoms with E-state index in [1.807, 2.05) is 6.92 Å². The second-order valence-corrected chi connectivity index (χ2v) is 7.21. The van der Waals surface area contributed by atoms with Crippen molar-refractivity contribution in [2.45, 2.75) is 25.8 Å². The highest BCUT2D eigenvalue weighted by Crippen LogP contribution is 2.32. The molecule has 2 N–H and O–H groups in total. The van der Waals surface area contributed by atoms with E-state index in [4.69, 9.17) is 5.73 Å². The van der Waals surface area contributed by atoms with Crippen LogP contribution in [-0.4, -0.2) is 24.9 Å². The molecule has 6 heteroatoms. The lowest BCUT2D eigenvalue weighted by Crippen LogP contribution is -2.03. The molecular weight excluding hydrogens is 232 g/mol. The highest BCUT2D eigenvalue weighted by atomic mass is 32.2. The van der Waals surface area contributed by atoms with Crippen molar-refractivity contribution in [3.05, 3.63) is 15.6 Å². The van der Waals surface area contributed by atoms with Crippen LogP contribution in [-0.2, 0) is 16.4 Å². The summed E-state index contributed by atoms with van der Waals surface area (Å²) in [6, 6.07) is 0. The zero-order valence-electron chi connectivity index (χ0n) is 8.56. The molecule has 0 aliphatic carbocycles. The summed E-state index contributed by atoms with van der Waals surface area (Å²) in [7, 11) is -2.82. The van der Waals surface area contributed by atoms with Crippen molar-refractivity contribution in [1.29, 1.82) is 0 Å². The predicted molar refractivity (Wildman–Crippen MR) is 60.8 cm³/mol. The van der Waals surface area contributed by atoms with E-state index in [-0.39, 0.29) is 11.7 Å². The second-order valence-electron chi connectivity index (χ2n) is 3.86. The van der Waals surface area contributed by atoms with E-state index in [9.17, 15) is 8.42 Å². The lowest BCUT2D eigenvalue weighted by Gasteiger charge is -2.00. The zero-order valence-corrected chi connectivity index (χ0v) is 10.2. The van der Waals surface area contributed by atoms with Crippen LogP contribution in [0.2, 0.25) is 0 Å². The first-order valence-corrected chi connectivity index (χ1v) is 7.52. The fourth-order valence-electron chi connectivity index (χ4n) is 1.80. The molecule has 1 aromatic rings. The summed E-state index contributed by atoms with van der Waals surface area (Å²) >= 11 is 1.56. The van der Waals surface area contributed by atoms with Crippen LogP contribution in [0.15, 0.2) is 0 Å².